The highest BCUT2D eigenvalue weighted by Gasteiger charge is 2.36. The molecular weight excluding hydrogens is 284 g/mol. The van der Waals surface area contributed by atoms with Gasteiger partial charge in [0.15, 0.2) is 9.84 Å². The van der Waals surface area contributed by atoms with Crippen LogP contribution in [0.1, 0.15) is 0 Å². The van der Waals surface area contributed by atoms with Gasteiger partial charge in [0, 0.05) is 6.54 Å². The molecule has 1 aliphatic rings. The lowest BCUT2D eigenvalue weighted by molar-refractivity contribution is 0.246. The zero-order valence-electron chi connectivity index (χ0n) is 9.85. The van der Waals surface area contributed by atoms with Crippen LogP contribution in [0.25, 0.3) is 0 Å². The fraction of sp³-hybridized carbons (Fsp3) is 0.889. The number of thiocarbonyl (C=S) groups is 1. The smallest absolute Gasteiger partial charge is 0.256 e. The number of ether oxygens (including phenoxy) is 1. The molecule has 0 aliphatic carbocycles. The number of rotatable bonds is 4. The molecule has 0 aromatic heterocycles. The van der Waals surface area contributed by atoms with Gasteiger partial charge in [-0.1, -0.05) is 0 Å². The van der Waals surface area contributed by atoms with E-state index in [1.54, 1.807) is 0 Å². The summed E-state index contributed by atoms with van der Waals surface area (Å²) >= 11 is 10.9. The Morgan fingerprint density at radius 1 is 1.53 bits per heavy atom. The Morgan fingerprint density at radius 3 is 2.65 bits per heavy atom. The number of hydrogen-bond acceptors (Lipinski definition) is 5. The summed E-state index contributed by atoms with van der Waals surface area (Å²) in [6.07, 6.45) is 0. The van der Waals surface area contributed by atoms with Gasteiger partial charge in [0.05, 0.1) is 22.9 Å². The third-order valence-electron chi connectivity index (χ3n) is 2.36. The van der Waals surface area contributed by atoms with Crippen molar-refractivity contribution in [1.82, 2.24) is 10.2 Å². The van der Waals surface area contributed by atoms with Gasteiger partial charge in [-0.2, -0.15) is 0 Å². The molecule has 0 bridgehead atoms. The van der Waals surface area contributed by atoms with Crippen LogP contribution in [-0.4, -0.2) is 68.7 Å². The van der Waals surface area contributed by atoms with E-state index in [0.717, 1.165) is 6.54 Å². The lowest BCUT2D eigenvalue weighted by Crippen LogP contribution is -2.41. The highest BCUT2D eigenvalue weighted by Crippen LogP contribution is 2.17. The summed E-state index contributed by atoms with van der Waals surface area (Å²) < 4.78 is 27.9. The standard InChI is InChI=1S/C9H17ClN2O3S2/c1-12(2)3-4-15-9(16)11-8-6-17(13,14)5-7(8)10/h7-8H,3-6H2,1-2H3,(H,11,16)/t7-,8+/m0/s1. The van der Waals surface area contributed by atoms with Crippen molar-refractivity contribution in [2.75, 3.05) is 38.8 Å². The number of nitrogens with one attached hydrogen (secondary N) is 1. The number of hydrogen-bond donors (Lipinski definition) is 1. The van der Waals surface area contributed by atoms with E-state index < -0.39 is 15.2 Å². The average molecular weight is 301 g/mol. The van der Waals surface area contributed by atoms with Crippen LogP contribution < -0.4 is 5.32 Å². The van der Waals surface area contributed by atoms with Crippen molar-refractivity contribution in [2.45, 2.75) is 11.4 Å². The van der Waals surface area contributed by atoms with Crippen molar-refractivity contribution >= 4 is 38.8 Å². The first-order valence-corrected chi connectivity index (χ1v) is 7.89. The Kier molecular flexibility index (Phi) is 5.43. The number of alkyl halides is 1. The quantitative estimate of drug-likeness (QED) is 0.575. The summed E-state index contributed by atoms with van der Waals surface area (Å²) in [5, 5.41) is 2.60. The zero-order valence-corrected chi connectivity index (χ0v) is 12.2. The summed E-state index contributed by atoms with van der Waals surface area (Å²) in [6.45, 7) is 1.21. The Hall–Kier alpha value is -0.110. The molecule has 0 saturated carbocycles. The van der Waals surface area contributed by atoms with Gasteiger partial charge in [-0.25, -0.2) is 8.42 Å². The average Bonchev–Trinajstić information content (AvgIpc) is 2.38. The fourth-order valence-corrected chi connectivity index (χ4v) is 4.24. The molecule has 17 heavy (non-hydrogen) atoms. The maximum absolute atomic E-state index is 11.3. The van der Waals surface area contributed by atoms with Gasteiger partial charge in [-0.05, 0) is 26.3 Å². The van der Waals surface area contributed by atoms with Crippen LogP contribution in [0, 0.1) is 0 Å². The molecule has 2 atom stereocenters. The largest absolute Gasteiger partial charge is 0.470 e. The molecule has 0 aromatic carbocycles. The maximum Gasteiger partial charge on any atom is 0.256 e. The first-order chi connectivity index (χ1) is 7.80. The normalized spacial score (nSPS) is 27.1. The van der Waals surface area contributed by atoms with Gasteiger partial charge in [0.2, 0.25) is 0 Å². The Morgan fingerprint density at radius 2 is 2.18 bits per heavy atom. The molecule has 1 fully saturated rings. The van der Waals surface area contributed by atoms with E-state index in [1.807, 2.05) is 19.0 Å². The maximum atomic E-state index is 11.3. The molecule has 0 radical (unpaired) electrons. The second-order valence-electron chi connectivity index (χ2n) is 4.28. The van der Waals surface area contributed by atoms with E-state index in [4.69, 9.17) is 28.6 Å². The van der Waals surface area contributed by atoms with Gasteiger partial charge in [0.1, 0.15) is 6.61 Å². The molecule has 0 aromatic rings. The molecule has 1 saturated heterocycles. The van der Waals surface area contributed by atoms with E-state index in [9.17, 15) is 8.42 Å². The third kappa shape index (κ3) is 5.37. The Labute approximate surface area is 112 Å². The van der Waals surface area contributed by atoms with Crippen LogP contribution in [-0.2, 0) is 14.6 Å². The first-order valence-electron chi connectivity index (χ1n) is 5.22. The van der Waals surface area contributed by atoms with E-state index in [0.29, 0.717) is 6.61 Å². The molecule has 1 N–H and O–H groups in total. The van der Waals surface area contributed by atoms with Crippen molar-refractivity contribution in [2.24, 2.45) is 0 Å². The van der Waals surface area contributed by atoms with Crippen LogP contribution in [0.3, 0.4) is 0 Å². The predicted molar refractivity (Wildman–Crippen MR) is 72.3 cm³/mol. The summed E-state index contributed by atoms with van der Waals surface area (Å²) in [5.74, 6) is 0.00484. The second kappa shape index (κ2) is 6.17. The van der Waals surface area contributed by atoms with Crippen molar-refractivity contribution in [1.29, 1.82) is 0 Å². The zero-order chi connectivity index (χ0) is 13.1. The molecule has 100 valence electrons. The summed E-state index contributed by atoms with van der Waals surface area (Å²) in [4.78, 5) is 1.97. The topological polar surface area (TPSA) is 58.6 Å². The number of nitrogens with zero attached hydrogens (tertiary/aromatic N) is 1. The lowest BCUT2D eigenvalue weighted by atomic mass is 10.3. The molecule has 0 unspecified atom stereocenters. The van der Waals surface area contributed by atoms with Crippen LogP contribution in [0.2, 0.25) is 0 Å². The summed E-state index contributed by atoms with van der Waals surface area (Å²) in [5.41, 5.74) is 0. The van der Waals surface area contributed by atoms with E-state index >= 15 is 0 Å². The van der Waals surface area contributed by atoms with Gasteiger partial charge in [-0.3, -0.25) is 0 Å². The molecule has 8 heteroatoms. The van der Waals surface area contributed by atoms with E-state index in [1.165, 1.54) is 0 Å². The Balaban J connectivity index is 2.32. The molecule has 1 heterocycles. The van der Waals surface area contributed by atoms with Crippen molar-refractivity contribution in [3.8, 4) is 0 Å². The molecule has 0 amide bonds. The minimum Gasteiger partial charge on any atom is -0.470 e. The highest BCUT2D eigenvalue weighted by molar-refractivity contribution is 7.91. The van der Waals surface area contributed by atoms with Crippen molar-refractivity contribution < 1.29 is 13.2 Å². The Bertz CT molecular complexity index is 372. The van der Waals surface area contributed by atoms with Crippen LogP contribution in [0.5, 0.6) is 0 Å². The predicted octanol–water partition coefficient (Wildman–Crippen LogP) is -0.156. The minimum atomic E-state index is -3.04. The number of halogens is 1. The lowest BCUT2D eigenvalue weighted by Gasteiger charge is -2.17. The molecule has 5 nitrogen and oxygen atoms in total. The van der Waals surface area contributed by atoms with Crippen molar-refractivity contribution in [3.05, 3.63) is 0 Å². The van der Waals surface area contributed by atoms with Crippen LogP contribution in [0.15, 0.2) is 0 Å². The van der Waals surface area contributed by atoms with Gasteiger partial charge in [0.25, 0.3) is 5.17 Å². The minimum absolute atomic E-state index is 0.00741. The van der Waals surface area contributed by atoms with Crippen LogP contribution >= 0.6 is 23.8 Å². The highest BCUT2D eigenvalue weighted by atomic mass is 35.5. The molecular formula is C9H17ClN2O3S2. The summed E-state index contributed by atoms with van der Waals surface area (Å²) in [6, 6.07) is -0.353. The number of likely N-dealkylation sites (N-methyl/N-ethyl adjacent to an activating group) is 1. The molecule has 0 spiro atoms. The second-order valence-corrected chi connectivity index (χ2v) is 7.37. The van der Waals surface area contributed by atoms with Gasteiger partial charge < -0.3 is 15.0 Å². The van der Waals surface area contributed by atoms with E-state index in [-0.39, 0.29) is 22.7 Å². The molecule has 1 rings (SSSR count). The number of sulfone groups is 1. The fourth-order valence-electron chi connectivity index (χ4n) is 1.45. The SMILES string of the molecule is CN(C)CCOC(=S)N[C@@H]1CS(=O)(=O)C[C@@H]1Cl. The van der Waals surface area contributed by atoms with Crippen LogP contribution in [0.4, 0.5) is 0 Å². The van der Waals surface area contributed by atoms with Gasteiger partial charge in [-0.15, -0.1) is 11.6 Å². The molecule has 1 aliphatic heterocycles. The summed E-state index contributed by atoms with van der Waals surface area (Å²) in [7, 11) is 0.815. The monoisotopic (exact) mass is 300 g/mol. The van der Waals surface area contributed by atoms with E-state index in [2.05, 4.69) is 5.32 Å². The third-order valence-corrected chi connectivity index (χ3v) is 4.97. The van der Waals surface area contributed by atoms with Gasteiger partial charge >= 0.3 is 0 Å². The first kappa shape index (κ1) is 14.9. The van der Waals surface area contributed by atoms with Crippen molar-refractivity contribution in [3.63, 3.8) is 0 Å².